The molecule has 0 aromatic heterocycles. The molecule has 0 saturated carbocycles. The molecule has 4 nitrogen and oxygen atoms in total. The molecule has 0 amide bonds. The monoisotopic (exact) mass is 222 g/mol. The Morgan fingerprint density at radius 1 is 1.17 bits per heavy atom. The minimum absolute atomic E-state index is 1.11. The van der Waals surface area contributed by atoms with Gasteiger partial charge in [-0.2, -0.15) is 0 Å². The number of rotatable bonds is 4. The van der Waals surface area contributed by atoms with Crippen LogP contribution in [0.3, 0.4) is 0 Å². The molecular weight excluding hydrogens is 206 g/mol. The van der Waals surface area contributed by atoms with Gasteiger partial charge in [0.1, 0.15) is 0 Å². The summed E-state index contributed by atoms with van der Waals surface area (Å²) in [5.41, 5.74) is 0. The zero-order chi connectivity index (χ0) is 10.0. The van der Waals surface area contributed by atoms with Gasteiger partial charge in [-0.25, -0.2) is 4.57 Å². The maximum atomic E-state index is 8.88. The summed E-state index contributed by atoms with van der Waals surface area (Å²) >= 11 is 1.11. The zero-order valence-corrected chi connectivity index (χ0v) is 11.8. The van der Waals surface area contributed by atoms with E-state index in [1.54, 1.807) is 0.515 Å². The first-order valence-electron chi connectivity index (χ1n) is 4.20. The quantitative estimate of drug-likeness (QED) is 0.380. The maximum Gasteiger partial charge on any atom is 0.466 e. The van der Waals surface area contributed by atoms with Crippen molar-refractivity contribution in [3.63, 3.8) is 0 Å². The fraction of sp³-hybridized carbons (Fsp3) is 1.00. The summed E-state index contributed by atoms with van der Waals surface area (Å²) in [4.78, 5) is 21.6. The summed E-state index contributed by atoms with van der Waals surface area (Å²) in [7, 11) is -4.64. The van der Waals surface area contributed by atoms with Crippen molar-refractivity contribution >= 4 is 56.8 Å². The molecule has 0 unspecified atom stereocenters. The Morgan fingerprint density at radius 2 is 1.58 bits per heavy atom. The van der Waals surface area contributed by atoms with Crippen LogP contribution in [0.1, 0.15) is 32.6 Å². The Morgan fingerprint density at radius 3 is 1.83 bits per heavy atom. The van der Waals surface area contributed by atoms with Gasteiger partial charge in [-0.05, 0) is 0 Å². The summed E-state index contributed by atoms with van der Waals surface area (Å²) in [6, 6.07) is 0. The second kappa shape index (κ2) is 10.8. The number of phosphoric acid groups is 1. The minimum atomic E-state index is -4.64. The van der Waals surface area contributed by atoms with Gasteiger partial charge < -0.3 is 14.7 Å². The SMILES string of the molecule is CCCCC[CH2][K].O=P(O)(O)O. The van der Waals surface area contributed by atoms with E-state index in [2.05, 4.69) is 6.92 Å². The molecule has 3 N–H and O–H groups in total. The average Bonchev–Trinajstić information content (AvgIpc) is 1.85. The van der Waals surface area contributed by atoms with E-state index in [9.17, 15) is 0 Å². The van der Waals surface area contributed by atoms with Crippen molar-refractivity contribution in [1.82, 2.24) is 0 Å². The van der Waals surface area contributed by atoms with Crippen molar-refractivity contribution in [1.29, 1.82) is 0 Å². The van der Waals surface area contributed by atoms with E-state index in [0.717, 1.165) is 49.0 Å². The molecule has 0 heterocycles. The predicted octanol–water partition coefficient (Wildman–Crippen LogP) is 1.22. The summed E-state index contributed by atoms with van der Waals surface area (Å²) in [6.07, 6.45) is 5.83. The van der Waals surface area contributed by atoms with E-state index in [4.69, 9.17) is 19.2 Å². The predicted molar refractivity (Wildman–Crippen MR) is 49.0 cm³/mol. The van der Waals surface area contributed by atoms with Crippen LogP contribution in [0, 0.1) is 0 Å². The Labute approximate surface area is 108 Å². The molecule has 6 heteroatoms. The van der Waals surface area contributed by atoms with Crippen molar-refractivity contribution in [2.24, 2.45) is 0 Å². The van der Waals surface area contributed by atoms with E-state index in [1.165, 1.54) is 25.7 Å². The second-order valence-corrected chi connectivity index (χ2v) is 5.16. The molecule has 0 atom stereocenters. The molecule has 0 saturated heterocycles. The number of hydrogen-bond acceptors (Lipinski definition) is 1. The van der Waals surface area contributed by atoms with Crippen LogP contribution in [0.25, 0.3) is 0 Å². The fourth-order valence-corrected chi connectivity index (χ4v) is 1.46. The Kier molecular flexibility index (Phi) is 14.6. The van der Waals surface area contributed by atoms with E-state index in [-0.39, 0.29) is 0 Å². The summed E-state index contributed by atoms with van der Waals surface area (Å²) in [6.45, 7) is 2.26. The van der Waals surface area contributed by atoms with Crippen LogP contribution in [0.2, 0.25) is 0.515 Å². The number of unbranched alkanes of at least 4 members (excludes halogenated alkanes) is 3. The molecule has 0 radical (unpaired) electrons. The zero-order valence-electron chi connectivity index (χ0n) is 7.73. The van der Waals surface area contributed by atoms with Gasteiger partial charge in [0.25, 0.3) is 0 Å². The molecule has 0 bridgehead atoms. The van der Waals surface area contributed by atoms with E-state index in [1.807, 2.05) is 0 Å². The molecule has 12 heavy (non-hydrogen) atoms. The molecule has 0 aromatic rings. The summed E-state index contributed by atoms with van der Waals surface area (Å²) in [5, 5.41) is 0. The average molecular weight is 222 g/mol. The topological polar surface area (TPSA) is 77.8 Å². The third kappa shape index (κ3) is 41.1. The molecule has 0 rings (SSSR count). The van der Waals surface area contributed by atoms with Gasteiger partial charge in [0.2, 0.25) is 0 Å². The van der Waals surface area contributed by atoms with Gasteiger partial charge in [-0.15, -0.1) is 0 Å². The third-order valence-corrected chi connectivity index (χ3v) is 2.31. The van der Waals surface area contributed by atoms with Crippen LogP contribution in [0.15, 0.2) is 0 Å². The molecule has 0 aromatic carbocycles. The minimum Gasteiger partial charge on any atom is -0.303 e. The van der Waals surface area contributed by atoms with Crippen molar-refractivity contribution < 1.29 is 19.2 Å². The van der Waals surface area contributed by atoms with Crippen molar-refractivity contribution in [3.05, 3.63) is 0 Å². The van der Waals surface area contributed by atoms with Gasteiger partial charge >= 0.3 is 89.9 Å². The molecule has 70 valence electrons. The standard InChI is InChI=1S/C6H13.K.H3O4P/c1-3-5-6-4-2;;1-5(2,3)4/h1,3-6H2,2H3;;(H3,1,2,3,4). The molecular formula is C6H16KO4P. The molecule has 0 fully saturated rings. The van der Waals surface area contributed by atoms with Gasteiger partial charge in [0, 0.05) is 0 Å². The van der Waals surface area contributed by atoms with Crippen molar-refractivity contribution in [2.75, 3.05) is 0 Å². The van der Waals surface area contributed by atoms with Crippen molar-refractivity contribution in [2.45, 2.75) is 33.1 Å². The number of hydrogen-bond donors (Lipinski definition) is 3. The van der Waals surface area contributed by atoms with E-state index < -0.39 is 7.82 Å². The van der Waals surface area contributed by atoms with Gasteiger partial charge in [-0.1, -0.05) is 0 Å². The van der Waals surface area contributed by atoms with E-state index in [0.29, 0.717) is 0 Å². The van der Waals surface area contributed by atoms with Gasteiger partial charge in [-0.3, -0.25) is 0 Å². The Hall–Kier alpha value is 1.75. The van der Waals surface area contributed by atoms with Crippen LogP contribution in [-0.2, 0) is 4.57 Å². The first kappa shape index (κ1) is 16.2. The van der Waals surface area contributed by atoms with Crippen LogP contribution >= 0.6 is 7.82 Å². The first-order valence-corrected chi connectivity index (χ1v) is 7.97. The molecule has 0 spiro atoms. The van der Waals surface area contributed by atoms with Crippen LogP contribution < -0.4 is 0 Å². The molecule has 0 aliphatic heterocycles. The normalized spacial score (nSPS) is 10.5. The first-order chi connectivity index (χ1) is 5.41. The molecule has 0 aliphatic rings. The second-order valence-electron chi connectivity index (χ2n) is 2.57. The Balaban J connectivity index is 0. The van der Waals surface area contributed by atoms with E-state index >= 15 is 0 Å². The summed E-state index contributed by atoms with van der Waals surface area (Å²) < 4.78 is 10.4. The maximum absolute atomic E-state index is 8.88. The third-order valence-electron chi connectivity index (χ3n) is 1.21. The smallest absolute Gasteiger partial charge is 0.303 e. The van der Waals surface area contributed by atoms with Crippen molar-refractivity contribution in [3.8, 4) is 0 Å². The van der Waals surface area contributed by atoms with Crippen LogP contribution in [0.4, 0.5) is 0 Å². The Bertz CT molecular complexity index is 112. The summed E-state index contributed by atoms with van der Waals surface area (Å²) in [5.74, 6) is 0. The molecule has 0 aliphatic carbocycles. The van der Waals surface area contributed by atoms with Gasteiger partial charge in [0.05, 0.1) is 0 Å². The van der Waals surface area contributed by atoms with Gasteiger partial charge in [0.15, 0.2) is 0 Å². The fourth-order valence-electron chi connectivity index (χ4n) is 0.677. The van der Waals surface area contributed by atoms with Crippen LogP contribution in [0.5, 0.6) is 0 Å². The largest absolute Gasteiger partial charge is 0.466 e. The van der Waals surface area contributed by atoms with Crippen LogP contribution in [-0.4, -0.2) is 63.6 Å².